The topological polar surface area (TPSA) is 377 Å². The molecule has 24 heteroatoms. The number of hydrogen-bond donors (Lipinski definition) is 14. The molecule has 14 N–H and O–H groups in total. The lowest BCUT2D eigenvalue weighted by Gasteiger charge is -2.34. The molecule has 3 fully saturated rings. The van der Waals surface area contributed by atoms with Crippen LogP contribution in [0, 0.1) is 5.92 Å². The summed E-state index contributed by atoms with van der Waals surface area (Å²) in [6.07, 6.45) is -13.6. The highest BCUT2D eigenvalue weighted by atomic mass is 16.5. The molecule has 4 aromatic rings. The minimum atomic E-state index is -2.29. The Morgan fingerprint density at radius 1 is 0.634 bits per heavy atom. The Bertz CT molecular complexity index is 2880. The van der Waals surface area contributed by atoms with Crippen LogP contribution in [0.3, 0.4) is 0 Å². The molecule has 3 unspecified atom stereocenters. The van der Waals surface area contributed by atoms with Crippen molar-refractivity contribution >= 4 is 41.4 Å². The lowest BCUT2D eigenvalue weighted by Crippen LogP contribution is -2.64. The molecular formula is C58H73N7O17. The van der Waals surface area contributed by atoms with Crippen LogP contribution in [0.15, 0.2) is 97.1 Å². The van der Waals surface area contributed by atoms with E-state index in [4.69, 9.17) is 4.74 Å². The first-order chi connectivity index (χ1) is 39.0. The van der Waals surface area contributed by atoms with Gasteiger partial charge in [-0.25, -0.2) is 0 Å². The first kappa shape index (κ1) is 62.1. The lowest BCUT2D eigenvalue weighted by molar-refractivity contribution is -0.148. The van der Waals surface area contributed by atoms with E-state index in [9.17, 15) is 79.5 Å². The summed E-state index contributed by atoms with van der Waals surface area (Å²) in [5.74, 6) is -8.67. The molecular weight excluding hydrogens is 1070 g/mol. The average Bonchev–Trinajstić information content (AvgIpc) is 4.06. The largest absolute Gasteiger partial charge is 0.508 e. The summed E-state index contributed by atoms with van der Waals surface area (Å²) in [5, 5.41) is 111. The van der Waals surface area contributed by atoms with Crippen molar-refractivity contribution in [3.63, 3.8) is 0 Å². The number of ether oxygens (including phenoxy) is 1. The van der Waals surface area contributed by atoms with E-state index in [1.54, 1.807) is 12.1 Å². The SMILES string of the molecule is CCCCCOc1ccc(-c2ccc(-c3ccc(C(=O)N[C@H]4C[C@@H](O)[C@@H](O)NC(=O)[C@@H]5[C@@H](O)[C@@H](C)CN5C(=O)C([C@@H](C)O)NC(=O)C([C@H](O)[C@@H](O)c5ccc(O)cc5)NC(=O)[C@@H]5C[C@@H](O)CN5C(=O)C([C@@H](C)O)NC4=O)cc3)cc2)cc1. The molecule has 3 saturated heterocycles. The van der Waals surface area contributed by atoms with Crippen molar-refractivity contribution in [2.75, 3.05) is 19.7 Å². The van der Waals surface area contributed by atoms with E-state index in [1.165, 1.54) is 31.2 Å². The number of hydrogen-bond acceptors (Lipinski definition) is 17. The van der Waals surface area contributed by atoms with Gasteiger partial charge in [0.2, 0.25) is 35.4 Å². The van der Waals surface area contributed by atoms with Crippen LogP contribution in [-0.2, 0) is 28.8 Å². The highest BCUT2D eigenvalue weighted by Crippen LogP contribution is 2.30. The van der Waals surface area contributed by atoms with E-state index in [1.807, 2.05) is 48.5 Å². The number of aromatic hydroxyl groups is 1. The van der Waals surface area contributed by atoms with Gasteiger partial charge in [0.1, 0.15) is 66.1 Å². The molecule has 3 aliphatic rings. The number of benzene rings is 4. The number of amides is 7. The monoisotopic (exact) mass is 1140 g/mol. The van der Waals surface area contributed by atoms with Gasteiger partial charge in [0.25, 0.3) is 5.91 Å². The number of phenolic OH excluding ortho intramolecular Hbond substituents is 1. The zero-order chi connectivity index (χ0) is 59.7. The molecule has 4 aromatic carbocycles. The molecule has 82 heavy (non-hydrogen) atoms. The maximum Gasteiger partial charge on any atom is 0.251 e. The Morgan fingerprint density at radius 3 is 1.72 bits per heavy atom. The highest BCUT2D eigenvalue weighted by Gasteiger charge is 2.50. The van der Waals surface area contributed by atoms with Crippen LogP contribution < -0.4 is 31.3 Å². The summed E-state index contributed by atoms with van der Waals surface area (Å²) in [6, 6.07) is 14.7. The quantitative estimate of drug-likeness (QED) is 0.0679. The molecule has 24 nitrogen and oxygen atoms in total. The number of nitrogens with zero attached hydrogens (tertiary/aromatic N) is 2. The number of fused-ring (bicyclic) bond motifs is 2. The van der Waals surface area contributed by atoms with Gasteiger partial charge in [-0.05, 0) is 84.5 Å². The molecule has 442 valence electrons. The minimum Gasteiger partial charge on any atom is -0.508 e. The van der Waals surface area contributed by atoms with Gasteiger partial charge in [-0.2, -0.15) is 0 Å². The third kappa shape index (κ3) is 14.7. The fraction of sp³-hybridized carbons (Fsp3) is 0.466. The van der Waals surface area contributed by atoms with Crippen LogP contribution >= 0.6 is 0 Å². The predicted molar refractivity (Wildman–Crippen MR) is 293 cm³/mol. The molecule has 15 atom stereocenters. The van der Waals surface area contributed by atoms with Crippen LogP contribution in [0.1, 0.15) is 81.8 Å². The van der Waals surface area contributed by atoms with Crippen molar-refractivity contribution in [2.24, 2.45) is 5.92 Å². The highest BCUT2D eigenvalue weighted by molar-refractivity contribution is 6.00. The second-order valence-corrected chi connectivity index (χ2v) is 21.3. The first-order valence-electron chi connectivity index (χ1n) is 27.3. The molecule has 7 rings (SSSR count). The van der Waals surface area contributed by atoms with Crippen molar-refractivity contribution in [3.8, 4) is 33.8 Å². The standard InChI is InChI=1S/C58H73N7O17/c1-5-6-7-24-82-40-22-18-35(19-23-40)33-10-8-32(9-11-33)34-12-14-37(15-13-34)51(74)59-41-26-43(70)54(77)63-56(79)47-48(71)29(2)27-65(47)58(81)45(31(4)67)61-55(78)46(50(73)49(72)36-16-20-38(68)21-17-36)62-53(76)42-25-39(69)28-64(42)57(80)44(30(3)66)60-52(41)75/h8-23,29-31,39,41-50,54,66-73,77H,5-7,24-28H2,1-4H3,(H,59,74)(H,60,75)(H,61,78)(H,62,76)(H,63,79)/t29-,30+,31+,39+,41-,42-,43+,44?,45?,46?,47-,48-,49-,50-,54+/m0/s1. The number of carbonyl (C=O) groups is 7. The van der Waals surface area contributed by atoms with Gasteiger partial charge in [0, 0.05) is 37.4 Å². The summed E-state index contributed by atoms with van der Waals surface area (Å²) >= 11 is 0. The third-order valence-corrected chi connectivity index (χ3v) is 15.0. The summed E-state index contributed by atoms with van der Waals surface area (Å²) in [7, 11) is 0. The van der Waals surface area contributed by atoms with Crippen molar-refractivity contribution < 1.29 is 84.3 Å². The van der Waals surface area contributed by atoms with E-state index in [0.717, 1.165) is 77.5 Å². The van der Waals surface area contributed by atoms with Crippen LogP contribution in [0.4, 0.5) is 0 Å². The van der Waals surface area contributed by atoms with Gasteiger partial charge < -0.3 is 87.1 Å². The van der Waals surface area contributed by atoms with Crippen LogP contribution in [0.25, 0.3) is 22.3 Å². The summed E-state index contributed by atoms with van der Waals surface area (Å²) in [4.78, 5) is 102. The summed E-state index contributed by atoms with van der Waals surface area (Å²) in [6.45, 7) is 5.47. The third-order valence-electron chi connectivity index (χ3n) is 15.0. The molecule has 0 bridgehead atoms. The van der Waals surface area contributed by atoms with Gasteiger partial charge >= 0.3 is 0 Å². The molecule has 3 aliphatic heterocycles. The zero-order valence-electron chi connectivity index (χ0n) is 45.7. The lowest BCUT2D eigenvalue weighted by atomic mass is 9.96. The molecule has 3 heterocycles. The van der Waals surface area contributed by atoms with E-state index in [-0.39, 0.29) is 23.4 Å². The Hall–Kier alpha value is -7.55. The van der Waals surface area contributed by atoms with Crippen molar-refractivity contribution in [1.82, 2.24) is 36.4 Å². The van der Waals surface area contributed by atoms with Crippen molar-refractivity contribution in [3.05, 3.63) is 108 Å². The maximum atomic E-state index is 14.5. The number of rotatable bonds is 14. The van der Waals surface area contributed by atoms with E-state index < -0.39 is 152 Å². The Morgan fingerprint density at radius 2 is 1.16 bits per heavy atom. The normalized spacial score (nSPS) is 27.5. The van der Waals surface area contributed by atoms with Gasteiger partial charge in [-0.15, -0.1) is 0 Å². The number of aliphatic hydroxyl groups excluding tert-OH is 8. The van der Waals surface area contributed by atoms with Gasteiger partial charge in [-0.3, -0.25) is 33.6 Å². The van der Waals surface area contributed by atoms with E-state index >= 15 is 0 Å². The Kier molecular flexibility index (Phi) is 20.8. The molecule has 0 saturated carbocycles. The van der Waals surface area contributed by atoms with E-state index in [2.05, 4.69) is 33.5 Å². The number of unbranched alkanes of at least 4 members (excludes halogenated alkanes) is 2. The molecule has 7 amide bonds. The van der Waals surface area contributed by atoms with Crippen LogP contribution in [0.2, 0.25) is 0 Å². The number of nitrogens with one attached hydrogen (secondary N) is 5. The second kappa shape index (κ2) is 27.5. The van der Waals surface area contributed by atoms with Gasteiger partial charge in [0.15, 0.2) is 6.23 Å². The fourth-order valence-electron chi connectivity index (χ4n) is 10.2. The minimum absolute atomic E-state index is 0.00973. The number of carbonyl (C=O) groups excluding carboxylic acids is 7. The smallest absolute Gasteiger partial charge is 0.251 e. The molecule has 0 aromatic heterocycles. The second-order valence-electron chi connectivity index (χ2n) is 21.3. The van der Waals surface area contributed by atoms with E-state index in [0.29, 0.717) is 12.2 Å². The summed E-state index contributed by atoms with van der Waals surface area (Å²) in [5.41, 5.74) is 3.37. The van der Waals surface area contributed by atoms with Crippen molar-refractivity contribution in [2.45, 2.75) is 145 Å². The van der Waals surface area contributed by atoms with Crippen LogP contribution in [-0.4, -0.2) is 196 Å². The van der Waals surface area contributed by atoms with Gasteiger partial charge in [-0.1, -0.05) is 87.4 Å². The zero-order valence-corrected chi connectivity index (χ0v) is 45.7. The summed E-state index contributed by atoms with van der Waals surface area (Å²) < 4.78 is 5.84. The van der Waals surface area contributed by atoms with Gasteiger partial charge in [0.05, 0.1) is 31.0 Å². The fourth-order valence-corrected chi connectivity index (χ4v) is 10.2. The number of phenols is 1. The first-order valence-corrected chi connectivity index (χ1v) is 27.3. The number of aliphatic hydroxyl groups is 8. The Balaban J connectivity index is 1.18. The predicted octanol–water partition coefficient (Wildman–Crippen LogP) is -0.927. The van der Waals surface area contributed by atoms with Crippen LogP contribution in [0.5, 0.6) is 11.5 Å². The molecule has 0 spiro atoms. The maximum absolute atomic E-state index is 14.5. The molecule has 0 aliphatic carbocycles. The average molecular weight is 1140 g/mol. The molecule has 0 radical (unpaired) electrons. The Labute approximate surface area is 473 Å². The van der Waals surface area contributed by atoms with Crippen molar-refractivity contribution in [1.29, 1.82) is 0 Å².